The second-order valence-corrected chi connectivity index (χ2v) is 5.34. The lowest BCUT2D eigenvalue weighted by Gasteiger charge is -2.49. The summed E-state index contributed by atoms with van der Waals surface area (Å²) in [7, 11) is 1.46. The maximum absolute atomic E-state index is 13.9. The molecule has 0 amide bonds. The van der Waals surface area contributed by atoms with Crippen molar-refractivity contribution in [3.63, 3.8) is 0 Å². The van der Waals surface area contributed by atoms with Crippen LogP contribution in [0.1, 0.15) is 19.4 Å². The van der Waals surface area contributed by atoms with Crippen molar-refractivity contribution in [2.75, 3.05) is 20.2 Å². The molecule has 2 rings (SSSR count). The van der Waals surface area contributed by atoms with Gasteiger partial charge in [-0.25, -0.2) is 4.39 Å². The number of likely N-dealkylation sites (tertiary alicyclic amines) is 1. The predicted octanol–water partition coefficient (Wildman–Crippen LogP) is 2.04. The Labute approximate surface area is 107 Å². The van der Waals surface area contributed by atoms with Crippen molar-refractivity contribution < 1.29 is 14.2 Å². The Balaban J connectivity index is 2.01. The molecule has 1 saturated heterocycles. The molecule has 3 nitrogen and oxygen atoms in total. The third-order valence-corrected chi connectivity index (χ3v) is 3.73. The average molecular weight is 253 g/mol. The van der Waals surface area contributed by atoms with Crippen molar-refractivity contribution in [2.24, 2.45) is 5.92 Å². The fourth-order valence-electron chi connectivity index (χ4n) is 2.28. The third-order valence-electron chi connectivity index (χ3n) is 3.73. The van der Waals surface area contributed by atoms with Crippen molar-refractivity contribution in [3.8, 4) is 5.75 Å². The predicted molar refractivity (Wildman–Crippen MR) is 68.0 cm³/mol. The lowest BCUT2D eigenvalue weighted by molar-refractivity contribution is -0.131. The molecule has 0 aliphatic carbocycles. The maximum Gasteiger partial charge on any atom is 0.169 e. The first kappa shape index (κ1) is 13.3. The second-order valence-electron chi connectivity index (χ2n) is 5.34. The van der Waals surface area contributed by atoms with Crippen LogP contribution in [-0.2, 0) is 6.54 Å². The third kappa shape index (κ3) is 2.35. The number of nitrogens with zero attached hydrogens (tertiary/aromatic N) is 1. The standard InChI is InChI=1S/C14H20FNO2/c1-10(2)14(17)8-16(9-14)7-11-5-4-6-12(18-3)13(11)15/h4-6,10,17H,7-9H2,1-3H3. The van der Waals surface area contributed by atoms with Gasteiger partial charge in [0, 0.05) is 25.2 Å². The molecule has 0 spiro atoms. The molecule has 0 radical (unpaired) electrons. The fourth-order valence-corrected chi connectivity index (χ4v) is 2.28. The molecule has 1 fully saturated rings. The molecule has 1 heterocycles. The molecule has 0 atom stereocenters. The molecule has 1 aromatic carbocycles. The molecule has 1 aliphatic rings. The lowest BCUT2D eigenvalue weighted by atomic mass is 9.83. The second kappa shape index (κ2) is 4.86. The molecule has 4 heteroatoms. The van der Waals surface area contributed by atoms with Crippen molar-refractivity contribution >= 4 is 0 Å². The Morgan fingerprint density at radius 1 is 1.44 bits per heavy atom. The summed E-state index contributed by atoms with van der Waals surface area (Å²) in [6.07, 6.45) is 0. The molecule has 0 bridgehead atoms. The SMILES string of the molecule is COc1cccc(CN2CC(O)(C(C)C)C2)c1F. The van der Waals surface area contributed by atoms with Crippen LogP contribution in [0.15, 0.2) is 18.2 Å². The molecule has 100 valence electrons. The number of methoxy groups -OCH3 is 1. The minimum atomic E-state index is -0.616. The molecule has 1 aliphatic heterocycles. The summed E-state index contributed by atoms with van der Waals surface area (Å²) in [6, 6.07) is 5.15. The number of ether oxygens (including phenoxy) is 1. The number of β-amino-alcohol motifs (C(OH)–C–C–N with tert-alkyl or cyclic N) is 1. The van der Waals surface area contributed by atoms with E-state index >= 15 is 0 Å². The van der Waals surface area contributed by atoms with E-state index < -0.39 is 5.60 Å². The number of hydrogen-bond acceptors (Lipinski definition) is 3. The monoisotopic (exact) mass is 253 g/mol. The van der Waals surface area contributed by atoms with Crippen LogP contribution < -0.4 is 4.74 Å². The van der Waals surface area contributed by atoms with Gasteiger partial charge in [-0.1, -0.05) is 26.0 Å². The van der Waals surface area contributed by atoms with Gasteiger partial charge in [-0.15, -0.1) is 0 Å². The van der Waals surface area contributed by atoms with Gasteiger partial charge in [0.05, 0.1) is 12.7 Å². The van der Waals surface area contributed by atoms with Crippen molar-refractivity contribution in [3.05, 3.63) is 29.6 Å². The fraction of sp³-hybridized carbons (Fsp3) is 0.571. The van der Waals surface area contributed by atoms with Gasteiger partial charge in [-0.05, 0) is 12.0 Å². The van der Waals surface area contributed by atoms with Gasteiger partial charge < -0.3 is 9.84 Å². The zero-order valence-corrected chi connectivity index (χ0v) is 11.1. The van der Waals surface area contributed by atoms with E-state index in [0.717, 1.165) is 0 Å². The Hall–Kier alpha value is -1.13. The van der Waals surface area contributed by atoms with E-state index in [1.165, 1.54) is 7.11 Å². The summed E-state index contributed by atoms with van der Waals surface area (Å²) >= 11 is 0. The first-order chi connectivity index (χ1) is 8.46. The van der Waals surface area contributed by atoms with E-state index in [1.54, 1.807) is 18.2 Å². The van der Waals surface area contributed by atoms with Gasteiger partial charge in [0.1, 0.15) is 0 Å². The Kier molecular flexibility index (Phi) is 3.59. The van der Waals surface area contributed by atoms with Gasteiger partial charge in [-0.2, -0.15) is 0 Å². The quantitative estimate of drug-likeness (QED) is 0.891. The van der Waals surface area contributed by atoms with Crippen LogP contribution in [0, 0.1) is 11.7 Å². The summed E-state index contributed by atoms with van der Waals surface area (Å²) in [6.45, 7) is 5.72. The van der Waals surface area contributed by atoms with Crippen molar-refractivity contribution in [1.82, 2.24) is 4.90 Å². The summed E-state index contributed by atoms with van der Waals surface area (Å²) in [5, 5.41) is 10.1. The van der Waals surface area contributed by atoms with Gasteiger partial charge in [0.25, 0.3) is 0 Å². The molecule has 18 heavy (non-hydrogen) atoms. The Morgan fingerprint density at radius 2 is 2.11 bits per heavy atom. The van der Waals surface area contributed by atoms with Crippen LogP contribution in [0.25, 0.3) is 0 Å². The van der Waals surface area contributed by atoms with Gasteiger partial charge in [0.15, 0.2) is 11.6 Å². The molecular formula is C14H20FNO2. The topological polar surface area (TPSA) is 32.7 Å². The van der Waals surface area contributed by atoms with E-state index in [9.17, 15) is 9.50 Å². The van der Waals surface area contributed by atoms with Crippen molar-refractivity contribution in [1.29, 1.82) is 0 Å². The summed E-state index contributed by atoms with van der Waals surface area (Å²) in [5.74, 6) is 0.191. The minimum absolute atomic E-state index is 0.226. The minimum Gasteiger partial charge on any atom is -0.494 e. The van der Waals surface area contributed by atoms with E-state index in [0.29, 0.717) is 25.2 Å². The number of hydrogen-bond donors (Lipinski definition) is 1. The molecule has 0 saturated carbocycles. The van der Waals surface area contributed by atoms with Gasteiger partial charge in [0.2, 0.25) is 0 Å². The summed E-state index contributed by atoms with van der Waals surface area (Å²) in [5.41, 5.74) is -0.00448. The van der Waals surface area contributed by atoms with Crippen LogP contribution in [0.2, 0.25) is 0 Å². The normalized spacial score (nSPS) is 18.8. The zero-order valence-electron chi connectivity index (χ0n) is 11.1. The highest BCUT2D eigenvalue weighted by Crippen LogP contribution is 2.31. The maximum atomic E-state index is 13.9. The first-order valence-corrected chi connectivity index (χ1v) is 6.22. The van der Waals surface area contributed by atoms with Crippen LogP contribution in [0.5, 0.6) is 5.75 Å². The Morgan fingerprint density at radius 3 is 2.67 bits per heavy atom. The smallest absolute Gasteiger partial charge is 0.169 e. The highest BCUT2D eigenvalue weighted by molar-refractivity contribution is 5.31. The van der Waals surface area contributed by atoms with Crippen LogP contribution in [-0.4, -0.2) is 35.8 Å². The van der Waals surface area contributed by atoms with E-state index in [2.05, 4.69) is 0 Å². The molecule has 0 aromatic heterocycles. The number of rotatable bonds is 4. The number of aliphatic hydroxyl groups is 1. The summed E-state index contributed by atoms with van der Waals surface area (Å²) in [4.78, 5) is 2.04. The van der Waals surface area contributed by atoms with Gasteiger partial charge in [-0.3, -0.25) is 4.90 Å². The van der Waals surface area contributed by atoms with Crippen LogP contribution >= 0.6 is 0 Å². The number of halogens is 1. The van der Waals surface area contributed by atoms with E-state index in [1.807, 2.05) is 18.7 Å². The molecular weight excluding hydrogens is 233 g/mol. The first-order valence-electron chi connectivity index (χ1n) is 6.22. The van der Waals surface area contributed by atoms with Gasteiger partial charge >= 0.3 is 0 Å². The van der Waals surface area contributed by atoms with E-state index in [-0.39, 0.29) is 17.5 Å². The summed E-state index contributed by atoms with van der Waals surface area (Å²) < 4.78 is 18.9. The number of benzene rings is 1. The molecule has 1 aromatic rings. The van der Waals surface area contributed by atoms with Crippen LogP contribution in [0.3, 0.4) is 0 Å². The lowest BCUT2D eigenvalue weighted by Crippen LogP contribution is -2.63. The Bertz CT molecular complexity index is 428. The van der Waals surface area contributed by atoms with Crippen molar-refractivity contribution in [2.45, 2.75) is 26.0 Å². The van der Waals surface area contributed by atoms with Crippen LogP contribution in [0.4, 0.5) is 4.39 Å². The highest BCUT2D eigenvalue weighted by atomic mass is 19.1. The molecule has 1 N–H and O–H groups in total. The molecule has 0 unspecified atom stereocenters. The highest BCUT2D eigenvalue weighted by Gasteiger charge is 2.43. The average Bonchev–Trinajstić information content (AvgIpc) is 2.29. The largest absolute Gasteiger partial charge is 0.494 e. The zero-order chi connectivity index (χ0) is 13.3. The van der Waals surface area contributed by atoms with E-state index in [4.69, 9.17) is 4.74 Å².